The van der Waals surface area contributed by atoms with Crippen molar-refractivity contribution in [2.45, 2.75) is 26.2 Å². The minimum atomic E-state index is -2.87. The number of amides is 1. The molecular formula is C14H26N2O4S. The molecule has 0 saturated carbocycles. The fraction of sp³-hybridized carbons (Fsp3) is 0.929. The molecule has 1 unspecified atom stereocenters. The second-order valence-corrected chi connectivity index (χ2v) is 8.72. The Morgan fingerprint density at radius 2 is 1.76 bits per heavy atom. The molecule has 2 fully saturated rings. The second-order valence-electron chi connectivity index (χ2n) is 6.33. The summed E-state index contributed by atoms with van der Waals surface area (Å²) in [6, 6.07) is 0. The summed E-state index contributed by atoms with van der Waals surface area (Å²) in [6.07, 6.45) is 2.00. The lowest BCUT2D eigenvalue weighted by atomic mass is 9.97. The molecule has 1 atom stereocenters. The first-order valence-electron chi connectivity index (χ1n) is 7.80. The first kappa shape index (κ1) is 16.5. The van der Waals surface area contributed by atoms with Crippen LogP contribution in [0.15, 0.2) is 0 Å². The number of carbonyl (C=O) groups is 1. The lowest BCUT2D eigenvalue weighted by Crippen LogP contribution is -2.39. The third-order valence-electron chi connectivity index (χ3n) is 4.71. The van der Waals surface area contributed by atoms with Crippen molar-refractivity contribution in [1.82, 2.24) is 9.80 Å². The number of carboxylic acid groups (broad SMARTS) is 1. The molecule has 6 nitrogen and oxygen atoms in total. The molecule has 21 heavy (non-hydrogen) atoms. The maximum atomic E-state index is 11.7. The van der Waals surface area contributed by atoms with E-state index in [1.807, 2.05) is 0 Å². The number of hydrogen-bond acceptors (Lipinski definition) is 4. The lowest BCUT2D eigenvalue weighted by Gasteiger charge is -2.33. The van der Waals surface area contributed by atoms with Crippen LogP contribution in [-0.2, 0) is 9.84 Å². The van der Waals surface area contributed by atoms with Gasteiger partial charge >= 0.3 is 6.09 Å². The molecule has 0 spiro atoms. The summed E-state index contributed by atoms with van der Waals surface area (Å²) in [4.78, 5) is 14.8. The highest BCUT2D eigenvalue weighted by Crippen LogP contribution is 2.23. The van der Waals surface area contributed by atoms with Gasteiger partial charge < -0.3 is 14.9 Å². The second kappa shape index (κ2) is 6.96. The van der Waals surface area contributed by atoms with Gasteiger partial charge in [0.25, 0.3) is 0 Å². The minimum Gasteiger partial charge on any atom is -0.465 e. The number of likely N-dealkylation sites (tertiary alicyclic amines) is 2. The summed E-state index contributed by atoms with van der Waals surface area (Å²) in [5.41, 5.74) is 0. The van der Waals surface area contributed by atoms with Gasteiger partial charge in [0.15, 0.2) is 0 Å². The van der Waals surface area contributed by atoms with Crippen LogP contribution in [0, 0.1) is 11.8 Å². The molecule has 7 heteroatoms. The van der Waals surface area contributed by atoms with Crippen LogP contribution in [-0.4, -0.2) is 73.6 Å². The van der Waals surface area contributed by atoms with Gasteiger partial charge in [-0.25, -0.2) is 13.2 Å². The fourth-order valence-electron chi connectivity index (χ4n) is 3.33. The van der Waals surface area contributed by atoms with Gasteiger partial charge in [-0.15, -0.1) is 0 Å². The van der Waals surface area contributed by atoms with E-state index in [9.17, 15) is 13.2 Å². The third-order valence-corrected chi connectivity index (χ3v) is 6.57. The zero-order valence-corrected chi connectivity index (χ0v) is 13.5. The Morgan fingerprint density at radius 3 is 2.29 bits per heavy atom. The number of nitrogens with zero attached hydrogens (tertiary/aromatic N) is 2. The average molecular weight is 318 g/mol. The van der Waals surface area contributed by atoms with Crippen molar-refractivity contribution in [2.75, 3.05) is 44.2 Å². The third kappa shape index (κ3) is 4.85. The van der Waals surface area contributed by atoms with Gasteiger partial charge in [-0.1, -0.05) is 6.92 Å². The van der Waals surface area contributed by atoms with Gasteiger partial charge in [-0.3, -0.25) is 0 Å². The molecule has 1 N–H and O–H groups in total. The van der Waals surface area contributed by atoms with Crippen LogP contribution in [0.4, 0.5) is 4.79 Å². The van der Waals surface area contributed by atoms with E-state index >= 15 is 0 Å². The van der Waals surface area contributed by atoms with Gasteiger partial charge in [0, 0.05) is 25.4 Å². The van der Waals surface area contributed by atoms with E-state index in [1.54, 1.807) is 6.92 Å². The normalized spacial score (nSPS) is 25.4. The molecule has 0 radical (unpaired) electrons. The smallest absolute Gasteiger partial charge is 0.407 e. The van der Waals surface area contributed by atoms with E-state index in [-0.39, 0.29) is 5.75 Å². The SMILES string of the molecule is CCS(=O)(=O)CC1CCN(CC2CCN(C(=O)O)C2)CC1. The van der Waals surface area contributed by atoms with Crippen molar-refractivity contribution in [2.24, 2.45) is 11.8 Å². The summed E-state index contributed by atoms with van der Waals surface area (Å²) < 4.78 is 23.3. The van der Waals surface area contributed by atoms with E-state index in [2.05, 4.69) is 4.90 Å². The first-order chi connectivity index (χ1) is 9.89. The Labute approximate surface area is 127 Å². The molecule has 2 saturated heterocycles. The Morgan fingerprint density at radius 1 is 1.14 bits per heavy atom. The highest BCUT2D eigenvalue weighted by Gasteiger charge is 2.29. The maximum Gasteiger partial charge on any atom is 0.407 e. The molecule has 122 valence electrons. The quantitative estimate of drug-likeness (QED) is 0.822. The van der Waals surface area contributed by atoms with Crippen LogP contribution in [0.3, 0.4) is 0 Å². The van der Waals surface area contributed by atoms with Crippen molar-refractivity contribution >= 4 is 15.9 Å². The summed E-state index contributed by atoms with van der Waals surface area (Å²) in [6.45, 7) is 5.81. The monoisotopic (exact) mass is 318 g/mol. The number of sulfone groups is 1. The van der Waals surface area contributed by atoms with Gasteiger partial charge in [0.2, 0.25) is 0 Å². The van der Waals surface area contributed by atoms with E-state index in [0.717, 1.165) is 38.9 Å². The zero-order valence-electron chi connectivity index (χ0n) is 12.7. The number of hydrogen-bond donors (Lipinski definition) is 1. The molecule has 0 aromatic rings. The van der Waals surface area contributed by atoms with Crippen LogP contribution >= 0.6 is 0 Å². The molecule has 2 aliphatic rings. The van der Waals surface area contributed by atoms with Crippen molar-refractivity contribution in [3.63, 3.8) is 0 Å². The van der Waals surface area contributed by atoms with Gasteiger partial charge in [-0.2, -0.15) is 0 Å². The summed E-state index contributed by atoms with van der Waals surface area (Å²) in [5, 5.41) is 8.96. The number of rotatable bonds is 5. The Hall–Kier alpha value is -0.820. The average Bonchev–Trinajstić information content (AvgIpc) is 2.89. The molecule has 0 aromatic heterocycles. The molecule has 2 aliphatic heterocycles. The Bertz CT molecular complexity index is 458. The van der Waals surface area contributed by atoms with Gasteiger partial charge in [0.1, 0.15) is 9.84 Å². The fourth-order valence-corrected chi connectivity index (χ4v) is 4.62. The molecule has 2 rings (SSSR count). The van der Waals surface area contributed by atoms with Crippen molar-refractivity contribution in [3.05, 3.63) is 0 Å². The van der Waals surface area contributed by atoms with Crippen LogP contribution in [0.1, 0.15) is 26.2 Å². The molecule has 0 aliphatic carbocycles. The largest absolute Gasteiger partial charge is 0.465 e. The number of piperidine rings is 1. The first-order valence-corrected chi connectivity index (χ1v) is 9.62. The van der Waals surface area contributed by atoms with Crippen molar-refractivity contribution in [1.29, 1.82) is 0 Å². The van der Waals surface area contributed by atoms with E-state index < -0.39 is 15.9 Å². The summed E-state index contributed by atoms with van der Waals surface area (Å²) in [7, 11) is -2.87. The Kier molecular flexibility index (Phi) is 5.48. The van der Waals surface area contributed by atoms with E-state index in [0.29, 0.717) is 30.7 Å². The standard InChI is InChI=1S/C14H26N2O4S/c1-2-21(19,20)11-12-3-6-15(7-4-12)9-13-5-8-16(10-13)14(17)18/h12-13H,2-11H2,1H3,(H,17,18). The molecule has 2 heterocycles. The Balaban J connectivity index is 1.71. The molecular weight excluding hydrogens is 292 g/mol. The summed E-state index contributed by atoms with van der Waals surface area (Å²) >= 11 is 0. The highest BCUT2D eigenvalue weighted by molar-refractivity contribution is 7.91. The lowest BCUT2D eigenvalue weighted by molar-refractivity contribution is 0.146. The zero-order chi connectivity index (χ0) is 15.5. The molecule has 0 aromatic carbocycles. The van der Waals surface area contributed by atoms with Crippen molar-refractivity contribution in [3.8, 4) is 0 Å². The van der Waals surface area contributed by atoms with Crippen LogP contribution < -0.4 is 0 Å². The maximum absolute atomic E-state index is 11.7. The van der Waals surface area contributed by atoms with Gasteiger partial charge in [0.05, 0.1) is 5.75 Å². The van der Waals surface area contributed by atoms with Crippen molar-refractivity contribution < 1.29 is 18.3 Å². The highest BCUT2D eigenvalue weighted by atomic mass is 32.2. The predicted molar refractivity (Wildman–Crippen MR) is 81.2 cm³/mol. The van der Waals surface area contributed by atoms with Crippen LogP contribution in [0.5, 0.6) is 0 Å². The molecule has 1 amide bonds. The van der Waals surface area contributed by atoms with Crippen LogP contribution in [0.25, 0.3) is 0 Å². The topological polar surface area (TPSA) is 77.9 Å². The summed E-state index contributed by atoms with van der Waals surface area (Å²) in [5.74, 6) is 1.29. The van der Waals surface area contributed by atoms with E-state index in [4.69, 9.17) is 5.11 Å². The minimum absolute atomic E-state index is 0.236. The van der Waals surface area contributed by atoms with E-state index in [1.165, 1.54) is 4.90 Å². The predicted octanol–water partition coefficient (Wildman–Crippen LogP) is 1.13. The van der Waals surface area contributed by atoms with Gasteiger partial charge in [-0.05, 0) is 44.2 Å². The van der Waals surface area contributed by atoms with Crippen LogP contribution in [0.2, 0.25) is 0 Å². The molecule has 0 bridgehead atoms.